The minimum atomic E-state index is 0.988. The maximum atomic E-state index is 5.34. The molecule has 1 aromatic rings. The molecule has 0 radical (unpaired) electrons. The number of hydrogen-bond donors (Lipinski definition) is 0. The number of ether oxygens (including phenoxy) is 1. The summed E-state index contributed by atoms with van der Waals surface area (Å²) in [4.78, 5) is 2.39. The van der Waals surface area contributed by atoms with Gasteiger partial charge in [-0.15, -0.1) is 0 Å². The Kier molecular flexibility index (Phi) is 5.49. The minimum Gasteiger partial charge on any atom is -0.496 e. The molecular weight excluding hydrogens is 210 g/mol. The van der Waals surface area contributed by atoms with E-state index in [9.17, 15) is 0 Å². The summed E-state index contributed by atoms with van der Waals surface area (Å²) in [5.41, 5.74) is 4.02. The normalized spacial score (nSPS) is 10.9. The Balaban J connectivity index is 2.75. The number of methoxy groups -OCH3 is 1. The first-order valence-corrected chi connectivity index (χ1v) is 6.41. The van der Waals surface area contributed by atoms with Crippen LogP contribution in [-0.4, -0.2) is 25.6 Å². The summed E-state index contributed by atoms with van der Waals surface area (Å²) in [5.74, 6) is 0.988. The highest BCUT2D eigenvalue weighted by Gasteiger charge is 2.08. The van der Waals surface area contributed by atoms with E-state index in [1.165, 1.54) is 36.1 Å². The summed E-state index contributed by atoms with van der Waals surface area (Å²) < 4.78 is 5.34. The van der Waals surface area contributed by atoms with Crippen LogP contribution in [0.15, 0.2) is 12.1 Å². The standard InChI is InChI=1S/C15H25NO/c1-6-7-10-16(4)11-14-8-9-15(17-5)13(3)12(14)2/h8-9H,6-7,10-11H2,1-5H3. The van der Waals surface area contributed by atoms with Crippen molar-refractivity contribution in [2.24, 2.45) is 0 Å². The average Bonchev–Trinajstić information content (AvgIpc) is 2.33. The van der Waals surface area contributed by atoms with Crippen molar-refractivity contribution in [3.05, 3.63) is 28.8 Å². The second-order valence-corrected chi connectivity index (χ2v) is 4.77. The van der Waals surface area contributed by atoms with Crippen molar-refractivity contribution in [1.29, 1.82) is 0 Å². The van der Waals surface area contributed by atoms with Crippen molar-refractivity contribution < 1.29 is 4.74 Å². The topological polar surface area (TPSA) is 12.5 Å². The van der Waals surface area contributed by atoms with E-state index in [-0.39, 0.29) is 0 Å². The Hall–Kier alpha value is -1.02. The average molecular weight is 235 g/mol. The molecule has 0 bridgehead atoms. The molecule has 0 aliphatic carbocycles. The molecule has 0 fully saturated rings. The van der Waals surface area contributed by atoms with Gasteiger partial charge in [0.2, 0.25) is 0 Å². The molecule has 17 heavy (non-hydrogen) atoms. The summed E-state index contributed by atoms with van der Waals surface area (Å²) in [6.45, 7) is 8.73. The number of rotatable bonds is 6. The van der Waals surface area contributed by atoms with Crippen molar-refractivity contribution in [1.82, 2.24) is 4.90 Å². The van der Waals surface area contributed by atoms with Crippen molar-refractivity contribution in [2.75, 3.05) is 20.7 Å². The second kappa shape index (κ2) is 6.65. The Bertz CT molecular complexity index is 360. The van der Waals surface area contributed by atoms with Crippen LogP contribution in [0.2, 0.25) is 0 Å². The zero-order valence-corrected chi connectivity index (χ0v) is 11.8. The van der Waals surface area contributed by atoms with E-state index in [1.54, 1.807) is 7.11 Å². The highest BCUT2D eigenvalue weighted by atomic mass is 16.5. The van der Waals surface area contributed by atoms with E-state index in [4.69, 9.17) is 4.74 Å². The van der Waals surface area contributed by atoms with Crippen LogP contribution in [0.4, 0.5) is 0 Å². The van der Waals surface area contributed by atoms with E-state index in [0.29, 0.717) is 0 Å². The molecule has 0 saturated carbocycles. The monoisotopic (exact) mass is 235 g/mol. The lowest BCUT2D eigenvalue weighted by atomic mass is 10.0. The molecule has 0 aliphatic heterocycles. The molecule has 0 unspecified atom stereocenters. The van der Waals surface area contributed by atoms with Crippen molar-refractivity contribution in [2.45, 2.75) is 40.2 Å². The molecule has 0 N–H and O–H groups in total. The predicted molar refractivity (Wildman–Crippen MR) is 73.7 cm³/mol. The third kappa shape index (κ3) is 3.74. The van der Waals surface area contributed by atoms with E-state index in [1.807, 2.05) is 0 Å². The highest BCUT2D eigenvalue weighted by Crippen LogP contribution is 2.24. The van der Waals surface area contributed by atoms with E-state index in [0.717, 1.165) is 12.3 Å². The van der Waals surface area contributed by atoms with Gasteiger partial charge >= 0.3 is 0 Å². The van der Waals surface area contributed by atoms with Gasteiger partial charge in [-0.3, -0.25) is 0 Å². The van der Waals surface area contributed by atoms with Crippen LogP contribution in [0.1, 0.15) is 36.5 Å². The van der Waals surface area contributed by atoms with Gasteiger partial charge in [0.15, 0.2) is 0 Å². The maximum absolute atomic E-state index is 5.34. The molecule has 0 atom stereocenters. The molecule has 0 saturated heterocycles. The van der Waals surface area contributed by atoms with Gasteiger partial charge in [0.25, 0.3) is 0 Å². The first kappa shape index (κ1) is 14.0. The molecule has 0 spiro atoms. The number of benzene rings is 1. The number of hydrogen-bond acceptors (Lipinski definition) is 2. The summed E-state index contributed by atoms with van der Waals surface area (Å²) in [6, 6.07) is 4.26. The van der Waals surface area contributed by atoms with E-state index < -0.39 is 0 Å². The Morgan fingerprint density at radius 1 is 1.18 bits per heavy atom. The number of nitrogens with zero attached hydrogens (tertiary/aromatic N) is 1. The lowest BCUT2D eigenvalue weighted by Gasteiger charge is -2.19. The van der Waals surface area contributed by atoms with Crippen molar-refractivity contribution in [3.63, 3.8) is 0 Å². The molecule has 0 aromatic heterocycles. The third-order valence-electron chi connectivity index (χ3n) is 3.40. The largest absolute Gasteiger partial charge is 0.496 e. The van der Waals surface area contributed by atoms with Gasteiger partial charge in [0.1, 0.15) is 5.75 Å². The molecule has 0 amide bonds. The van der Waals surface area contributed by atoms with Crippen LogP contribution in [-0.2, 0) is 6.54 Å². The maximum Gasteiger partial charge on any atom is 0.122 e. The van der Waals surface area contributed by atoms with Crippen LogP contribution < -0.4 is 4.74 Å². The summed E-state index contributed by atoms with van der Waals surface area (Å²) in [5, 5.41) is 0. The van der Waals surface area contributed by atoms with Crippen LogP contribution in [0.3, 0.4) is 0 Å². The fourth-order valence-corrected chi connectivity index (χ4v) is 2.04. The van der Waals surface area contributed by atoms with Crippen molar-refractivity contribution in [3.8, 4) is 5.75 Å². The van der Waals surface area contributed by atoms with Crippen LogP contribution in [0.25, 0.3) is 0 Å². The fourth-order valence-electron chi connectivity index (χ4n) is 2.04. The first-order valence-electron chi connectivity index (χ1n) is 6.41. The van der Waals surface area contributed by atoms with Gasteiger partial charge in [-0.2, -0.15) is 0 Å². The molecular formula is C15H25NO. The third-order valence-corrected chi connectivity index (χ3v) is 3.40. The molecule has 2 nitrogen and oxygen atoms in total. The van der Waals surface area contributed by atoms with Gasteiger partial charge in [0.05, 0.1) is 7.11 Å². The first-order chi connectivity index (χ1) is 8.10. The quantitative estimate of drug-likeness (QED) is 0.747. The SMILES string of the molecule is CCCCN(C)Cc1ccc(OC)c(C)c1C. The molecule has 1 aromatic carbocycles. The smallest absolute Gasteiger partial charge is 0.122 e. The van der Waals surface area contributed by atoms with Crippen molar-refractivity contribution >= 4 is 0 Å². The number of unbranched alkanes of at least 4 members (excludes halogenated alkanes) is 1. The van der Waals surface area contributed by atoms with Gasteiger partial charge in [-0.05, 0) is 56.6 Å². The van der Waals surface area contributed by atoms with Crippen LogP contribution in [0, 0.1) is 13.8 Å². The van der Waals surface area contributed by atoms with Gasteiger partial charge in [-0.1, -0.05) is 19.4 Å². The van der Waals surface area contributed by atoms with Crippen LogP contribution in [0.5, 0.6) is 5.75 Å². The lowest BCUT2D eigenvalue weighted by Crippen LogP contribution is -2.19. The second-order valence-electron chi connectivity index (χ2n) is 4.77. The zero-order chi connectivity index (χ0) is 12.8. The molecule has 0 heterocycles. The summed E-state index contributed by atoms with van der Waals surface area (Å²) >= 11 is 0. The minimum absolute atomic E-state index is 0.988. The highest BCUT2D eigenvalue weighted by molar-refractivity contribution is 5.43. The Labute approximate surface area is 106 Å². The van der Waals surface area contributed by atoms with Gasteiger partial charge < -0.3 is 9.64 Å². The van der Waals surface area contributed by atoms with E-state index in [2.05, 4.69) is 44.9 Å². The lowest BCUT2D eigenvalue weighted by molar-refractivity contribution is 0.320. The van der Waals surface area contributed by atoms with Crippen LogP contribution >= 0.6 is 0 Å². The Morgan fingerprint density at radius 2 is 1.88 bits per heavy atom. The zero-order valence-electron chi connectivity index (χ0n) is 11.8. The predicted octanol–water partition coefficient (Wildman–Crippen LogP) is 3.54. The molecule has 0 aliphatic rings. The van der Waals surface area contributed by atoms with Gasteiger partial charge in [-0.25, -0.2) is 0 Å². The molecule has 96 valence electrons. The Morgan fingerprint density at radius 3 is 2.47 bits per heavy atom. The molecule has 1 rings (SSSR count). The van der Waals surface area contributed by atoms with E-state index >= 15 is 0 Å². The summed E-state index contributed by atoms with van der Waals surface area (Å²) in [6.07, 6.45) is 2.52. The fraction of sp³-hybridized carbons (Fsp3) is 0.600. The van der Waals surface area contributed by atoms with Gasteiger partial charge in [0, 0.05) is 6.54 Å². The molecule has 2 heteroatoms. The summed E-state index contributed by atoms with van der Waals surface area (Å²) in [7, 11) is 3.92.